The fourth-order valence-corrected chi connectivity index (χ4v) is 1.30. The van der Waals surface area contributed by atoms with E-state index >= 15 is 0 Å². The van der Waals surface area contributed by atoms with Gasteiger partial charge in [-0.1, -0.05) is 0 Å². The van der Waals surface area contributed by atoms with E-state index in [0.29, 0.717) is 12.8 Å². The quantitative estimate of drug-likeness (QED) is 0.549. The Labute approximate surface area is 48.7 Å². The molecule has 1 aliphatic carbocycles. The Balaban J connectivity index is 2.40. The predicted molar refractivity (Wildman–Crippen MR) is 28.3 cm³/mol. The van der Waals surface area contributed by atoms with Crippen LogP contribution in [0.25, 0.3) is 0 Å². The lowest BCUT2D eigenvalue weighted by molar-refractivity contribution is 0.342. The van der Waals surface area contributed by atoms with E-state index in [4.69, 9.17) is 0 Å². The molecule has 0 bridgehead atoms. The third-order valence-corrected chi connectivity index (χ3v) is 2.03. The standard InChI is InChI=1S/C4H7FO2S/c5-4(1-2-4)3-8(6)7/h8H,1-3H2. The van der Waals surface area contributed by atoms with Crippen LogP contribution in [0.1, 0.15) is 12.8 Å². The molecule has 1 fully saturated rings. The average molecular weight is 138 g/mol. The first-order valence-electron chi connectivity index (χ1n) is 2.43. The van der Waals surface area contributed by atoms with Gasteiger partial charge in [-0.15, -0.1) is 0 Å². The van der Waals surface area contributed by atoms with Gasteiger partial charge in [0.1, 0.15) is 16.4 Å². The van der Waals surface area contributed by atoms with Crippen molar-refractivity contribution in [2.45, 2.75) is 18.5 Å². The second kappa shape index (κ2) is 1.69. The Morgan fingerprint density at radius 3 is 2.12 bits per heavy atom. The molecule has 0 heterocycles. The van der Waals surface area contributed by atoms with E-state index in [-0.39, 0.29) is 5.75 Å². The van der Waals surface area contributed by atoms with E-state index in [2.05, 4.69) is 0 Å². The van der Waals surface area contributed by atoms with Gasteiger partial charge < -0.3 is 0 Å². The van der Waals surface area contributed by atoms with Gasteiger partial charge in [0.15, 0.2) is 0 Å². The highest BCUT2D eigenvalue weighted by Gasteiger charge is 2.43. The van der Waals surface area contributed by atoms with Crippen LogP contribution in [0.15, 0.2) is 0 Å². The van der Waals surface area contributed by atoms with Crippen LogP contribution >= 0.6 is 0 Å². The van der Waals surface area contributed by atoms with Crippen molar-refractivity contribution in [2.24, 2.45) is 0 Å². The largest absolute Gasteiger partial charge is 0.243 e. The number of alkyl halides is 1. The second-order valence-electron chi connectivity index (χ2n) is 2.14. The van der Waals surface area contributed by atoms with Crippen LogP contribution in [0, 0.1) is 0 Å². The van der Waals surface area contributed by atoms with Crippen LogP contribution in [-0.2, 0) is 10.7 Å². The maximum atomic E-state index is 12.4. The number of hydrogen-bond donors (Lipinski definition) is 1. The van der Waals surface area contributed by atoms with Gasteiger partial charge in [0.05, 0.1) is 5.75 Å². The Bertz CT molecular complexity index is 151. The molecule has 1 rings (SSSR count). The highest BCUT2D eigenvalue weighted by molar-refractivity contribution is 7.72. The molecule has 0 aromatic carbocycles. The maximum Gasteiger partial charge on any atom is 0.143 e. The highest BCUT2D eigenvalue weighted by Crippen LogP contribution is 2.39. The molecule has 48 valence electrons. The summed E-state index contributed by atoms with van der Waals surface area (Å²) in [7, 11) is -2.50. The van der Waals surface area contributed by atoms with Crippen LogP contribution in [0.4, 0.5) is 4.39 Å². The average Bonchev–Trinajstić information content (AvgIpc) is 2.17. The number of thiol groups is 1. The number of halogens is 1. The molecule has 1 saturated carbocycles. The van der Waals surface area contributed by atoms with E-state index in [1.807, 2.05) is 0 Å². The minimum atomic E-state index is -2.50. The van der Waals surface area contributed by atoms with Crippen molar-refractivity contribution in [1.29, 1.82) is 0 Å². The molecule has 2 nitrogen and oxygen atoms in total. The second-order valence-corrected chi connectivity index (χ2v) is 3.12. The molecule has 1 aliphatic rings. The molecule has 0 spiro atoms. The summed E-state index contributed by atoms with van der Waals surface area (Å²) < 4.78 is 32.1. The zero-order valence-corrected chi connectivity index (χ0v) is 5.16. The maximum absolute atomic E-state index is 12.4. The molecule has 0 atom stereocenters. The molecule has 0 aromatic rings. The summed E-state index contributed by atoms with van der Waals surface area (Å²) in [6.45, 7) is 0. The fourth-order valence-electron chi connectivity index (χ4n) is 0.525. The summed E-state index contributed by atoms with van der Waals surface area (Å²) >= 11 is 0. The molecule has 0 amide bonds. The molecule has 0 saturated heterocycles. The monoisotopic (exact) mass is 138 g/mol. The minimum Gasteiger partial charge on any atom is -0.243 e. The van der Waals surface area contributed by atoms with Crippen molar-refractivity contribution in [3.8, 4) is 0 Å². The number of rotatable bonds is 2. The van der Waals surface area contributed by atoms with Crippen LogP contribution in [0.5, 0.6) is 0 Å². The van der Waals surface area contributed by atoms with Gasteiger partial charge >= 0.3 is 0 Å². The zero-order valence-electron chi connectivity index (χ0n) is 4.26. The predicted octanol–water partition coefficient (Wildman–Crippen LogP) is 0.0999. The first-order valence-corrected chi connectivity index (χ1v) is 3.79. The van der Waals surface area contributed by atoms with Crippen molar-refractivity contribution < 1.29 is 12.8 Å². The van der Waals surface area contributed by atoms with E-state index in [9.17, 15) is 12.8 Å². The van der Waals surface area contributed by atoms with Crippen molar-refractivity contribution in [2.75, 3.05) is 5.75 Å². The summed E-state index contributed by atoms with van der Waals surface area (Å²) in [5, 5.41) is 0. The SMILES string of the molecule is O=[SH](=O)CC1(F)CC1. The van der Waals surface area contributed by atoms with Crippen LogP contribution in [-0.4, -0.2) is 19.8 Å². The Hall–Kier alpha value is -0.120. The molecule has 0 N–H and O–H groups in total. The summed E-state index contributed by atoms with van der Waals surface area (Å²) in [5.74, 6) is -0.275. The van der Waals surface area contributed by atoms with Crippen molar-refractivity contribution in [1.82, 2.24) is 0 Å². The van der Waals surface area contributed by atoms with Gasteiger partial charge in [0.25, 0.3) is 0 Å². The lowest BCUT2D eigenvalue weighted by Gasteiger charge is -1.92. The molecule has 0 aliphatic heterocycles. The van der Waals surface area contributed by atoms with Crippen LogP contribution < -0.4 is 0 Å². The van der Waals surface area contributed by atoms with E-state index < -0.39 is 16.4 Å². The van der Waals surface area contributed by atoms with Gasteiger partial charge in [-0.25, -0.2) is 12.8 Å². The summed E-state index contributed by atoms with van der Waals surface area (Å²) in [5.41, 5.74) is -1.32. The topological polar surface area (TPSA) is 34.1 Å². The molecule has 0 aromatic heterocycles. The van der Waals surface area contributed by atoms with E-state index in [0.717, 1.165) is 0 Å². The van der Waals surface area contributed by atoms with E-state index in [1.165, 1.54) is 0 Å². The third-order valence-electron chi connectivity index (χ3n) is 1.21. The van der Waals surface area contributed by atoms with Gasteiger partial charge in [0, 0.05) is 0 Å². The molecule has 0 unspecified atom stereocenters. The minimum absolute atomic E-state index is 0.275. The lowest BCUT2D eigenvalue weighted by atomic mass is 10.5. The van der Waals surface area contributed by atoms with Gasteiger partial charge in [-0.3, -0.25) is 0 Å². The molecule has 4 heteroatoms. The van der Waals surface area contributed by atoms with Crippen molar-refractivity contribution >= 4 is 10.7 Å². The van der Waals surface area contributed by atoms with E-state index in [1.54, 1.807) is 0 Å². The van der Waals surface area contributed by atoms with Crippen molar-refractivity contribution in [3.05, 3.63) is 0 Å². The number of hydrogen-bond acceptors (Lipinski definition) is 2. The summed E-state index contributed by atoms with van der Waals surface area (Å²) in [6.07, 6.45) is 0.854. The normalized spacial score (nSPS) is 23.8. The molecular formula is C4H7FO2S. The Kier molecular flexibility index (Phi) is 1.27. The third kappa shape index (κ3) is 1.43. The van der Waals surface area contributed by atoms with Gasteiger partial charge in [-0.2, -0.15) is 0 Å². The van der Waals surface area contributed by atoms with Crippen LogP contribution in [0.2, 0.25) is 0 Å². The van der Waals surface area contributed by atoms with Crippen LogP contribution in [0.3, 0.4) is 0 Å². The Morgan fingerprint density at radius 1 is 1.50 bits per heavy atom. The summed E-state index contributed by atoms with van der Waals surface area (Å²) in [6, 6.07) is 0. The highest BCUT2D eigenvalue weighted by atomic mass is 32.2. The molecule has 0 radical (unpaired) electrons. The summed E-state index contributed by atoms with van der Waals surface area (Å²) in [4.78, 5) is 0. The molecule has 8 heavy (non-hydrogen) atoms. The fraction of sp³-hybridized carbons (Fsp3) is 1.00. The van der Waals surface area contributed by atoms with Gasteiger partial charge in [-0.05, 0) is 12.8 Å². The zero-order chi connectivity index (χ0) is 6.20. The lowest BCUT2D eigenvalue weighted by Crippen LogP contribution is -2.07. The first-order chi connectivity index (χ1) is 3.62. The smallest absolute Gasteiger partial charge is 0.143 e. The van der Waals surface area contributed by atoms with Gasteiger partial charge in [0.2, 0.25) is 0 Å². The molecular weight excluding hydrogens is 131 g/mol. The first kappa shape index (κ1) is 6.01. The van der Waals surface area contributed by atoms with Crippen molar-refractivity contribution in [3.63, 3.8) is 0 Å². The Morgan fingerprint density at radius 2 is 2.00 bits per heavy atom.